The number of hydrogen-bond acceptors (Lipinski definition) is 4. The van der Waals surface area contributed by atoms with Gasteiger partial charge in [0, 0.05) is 16.5 Å². The molecule has 0 bridgehead atoms. The third kappa shape index (κ3) is 5.51. The molecular weight excluding hydrogens is 382 g/mol. The molecule has 5 heteroatoms. The van der Waals surface area contributed by atoms with Gasteiger partial charge in [0.15, 0.2) is 0 Å². The molecule has 0 aliphatic rings. The third-order valence-electron chi connectivity index (χ3n) is 4.95. The summed E-state index contributed by atoms with van der Waals surface area (Å²) in [5.41, 5.74) is 3.01. The molecule has 0 amide bonds. The van der Waals surface area contributed by atoms with E-state index in [4.69, 9.17) is 4.74 Å². The lowest BCUT2D eigenvalue weighted by molar-refractivity contribution is -0.140. The van der Waals surface area contributed by atoms with Crippen LogP contribution in [-0.4, -0.2) is 27.4 Å². The minimum Gasteiger partial charge on any atom is -0.495 e. The second kappa shape index (κ2) is 10.3. The first-order valence-electron chi connectivity index (χ1n) is 9.85. The number of thioether (sulfide) groups is 1. The minimum absolute atomic E-state index is 0.556. The predicted molar refractivity (Wildman–Crippen MR) is 122 cm³/mol. The van der Waals surface area contributed by atoms with Crippen LogP contribution in [0.1, 0.15) is 46.1 Å². The summed E-state index contributed by atoms with van der Waals surface area (Å²) in [6, 6.07) is 8.00. The van der Waals surface area contributed by atoms with Gasteiger partial charge in [-0.15, -0.1) is 11.8 Å². The highest BCUT2D eigenvalue weighted by Crippen LogP contribution is 2.41. The smallest absolute Gasteiger partial charge is 0.320 e. The number of aromatic nitrogens is 1. The second-order valence-electron chi connectivity index (χ2n) is 6.76. The Labute approximate surface area is 177 Å². The largest absolute Gasteiger partial charge is 0.495 e. The van der Waals surface area contributed by atoms with Crippen LogP contribution in [0.4, 0.5) is 0 Å². The number of nitrogens with zero attached hydrogens (tertiary/aromatic N) is 1. The molecule has 0 spiro atoms. The predicted octanol–water partition coefficient (Wildman–Crippen LogP) is 6.48. The summed E-state index contributed by atoms with van der Waals surface area (Å²) in [7, 11) is 0. The Morgan fingerprint density at radius 3 is 2.62 bits per heavy atom. The van der Waals surface area contributed by atoms with E-state index in [9.17, 15) is 9.90 Å². The minimum atomic E-state index is -0.836. The zero-order valence-electron chi connectivity index (χ0n) is 17.6. The molecule has 2 rings (SSSR count). The normalized spacial score (nSPS) is 12.5. The number of fused-ring (bicyclic) bond motifs is 1. The van der Waals surface area contributed by atoms with Crippen molar-refractivity contribution in [3.05, 3.63) is 66.6 Å². The number of pyridine rings is 1. The van der Waals surface area contributed by atoms with Crippen molar-refractivity contribution >= 4 is 34.2 Å². The molecule has 0 unspecified atom stereocenters. The van der Waals surface area contributed by atoms with Crippen LogP contribution in [0.2, 0.25) is 0 Å². The molecule has 0 atom stereocenters. The molecule has 0 saturated heterocycles. The molecule has 2 aromatic rings. The summed E-state index contributed by atoms with van der Waals surface area (Å²) in [5.74, 6) is -0.147. The Morgan fingerprint density at radius 2 is 2.00 bits per heavy atom. The zero-order chi connectivity index (χ0) is 21.4. The van der Waals surface area contributed by atoms with Gasteiger partial charge < -0.3 is 9.84 Å². The second-order valence-corrected chi connectivity index (χ2v) is 8.18. The molecule has 1 aromatic heterocycles. The number of hydrogen-bond donors (Lipinski definition) is 1. The maximum absolute atomic E-state index is 11.9. The van der Waals surface area contributed by atoms with E-state index in [2.05, 4.69) is 17.6 Å². The lowest BCUT2D eigenvalue weighted by atomic mass is 10.0. The van der Waals surface area contributed by atoms with Gasteiger partial charge in [-0.3, -0.25) is 9.78 Å². The van der Waals surface area contributed by atoms with Gasteiger partial charge >= 0.3 is 5.97 Å². The fourth-order valence-electron chi connectivity index (χ4n) is 3.04. The highest BCUT2D eigenvalue weighted by atomic mass is 32.2. The van der Waals surface area contributed by atoms with Gasteiger partial charge in [-0.2, -0.15) is 0 Å². The van der Waals surface area contributed by atoms with Crippen LogP contribution in [0.15, 0.2) is 65.9 Å². The fraction of sp³-hybridized carbons (Fsp3) is 0.333. The van der Waals surface area contributed by atoms with Crippen molar-refractivity contribution in [3.8, 4) is 0 Å². The van der Waals surface area contributed by atoms with Crippen molar-refractivity contribution in [1.29, 1.82) is 0 Å². The fourth-order valence-corrected chi connectivity index (χ4v) is 4.24. The van der Waals surface area contributed by atoms with Crippen LogP contribution < -0.4 is 0 Å². The lowest BCUT2D eigenvalue weighted by Crippen LogP contribution is -2.33. The van der Waals surface area contributed by atoms with E-state index in [1.165, 1.54) is 11.8 Å². The Hall–Kier alpha value is -2.53. The van der Waals surface area contributed by atoms with Crippen LogP contribution in [0.5, 0.6) is 0 Å². The quantitative estimate of drug-likeness (QED) is 0.275. The summed E-state index contributed by atoms with van der Waals surface area (Å²) >= 11 is 1.42. The van der Waals surface area contributed by atoms with Gasteiger partial charge in [0.05, 0.1) is 12.1 Å². The molecule has 1 N–H and O–H groups in total. The van der Waals surface area contributed by atoms with Crippen LogP contribution in [0.3, 0.4) is 0 Å². The number of carbonyl (C=O) groups is 1. The number of ether oxygens (including phenoxy) is 1. The van der Waals surface area contributed by atoms with E-state index in [0.29, 0.717) is 25.2 Å². The Morgan fingerprint density at radius 1 is 1.28 bits per heavy atom. The summed E-state index contributed by atoms with van der Waals surface area (Å²) in [4.78, 5) is 17.3. The van der Waals surface area contributed by atoms with Crippen molar-refractivity contribution in [2.24, 2.45) is 0 Å². The first kappa shape index (κ1) is 22.8. The maximum atomic E-state index is 11.9. The number of rotatable bonds is 10. The van der Waals surface area contributed by atoms with Gasteiger partial charge in [-0.1, -0.05) is 38.6 Å². The summed E-state index contributed by atoms with van der Waals surface area (Å²) < 4.78 is 4.48. The summed E-state index contributed by atoms with van der Waals surface area (Å²) in [6.07, 6.45) is 8.61. The Balaban J connectivity index is 2.41. The van der Waals surface area contributed by atoms with Crippen molar-refractivity contribution in [1.82, 2.24) is 4.98 Å². The molecule has 29 heavy (non-hydrogen) atoms. The number of benzene rings is 1. The van der Waals surface area contributed by atoms with Crippen molar-refractivity contribution < 1.29 is 14.6 Å². The molecular formula is C24H29NO3S. The highest BCUT2D eigenvalue weighted by Gasteiger charge is 2.36. The van der Waals surface area contributed by atoms with Crippen molar-refractivity contribution in [2.75, 3.05) is 6.61 Å². The van der Waals surface area contributed by atoms with E-state index in [0.717, 1.165) is 26.9 Å². The molecule has 154 valence electrons. The monoisotopic (exact) mass is 411 g/mol. The zero-order valence-corrected chi connectivity index (χ0v) is 18.4. The Bertz CT molecular complexity index is 942. The van der Waals surface area contributed by atoms with Gasteiger partial charge in [-0.25, -0.2) is 0 Å². The number of carboxylic acids is 1. The van der Waals surface area contributed by atoms with Crippen LogP contribution >= 0.6 is 11.8 Å². The average molecular weight is 412 g/mol. The van der Waals surface area contributed by atoms with Crippen LogP contribution in [0.25, 0.3) is 16.5 Å². The van der Waals surface area contributed by atoms with Crippen molar-refractivity contribution in [3.63, 3.8) is 0 Å². The third-order valence-corrected chi connectivity index (χ3v) is 6.67. The first-order valence-corrected chi connectivity index (χ1v) is 10.7. The topological polar surface area (TPSA) is 59.4 Å². The summed E-state index contributed by atoms with van der Waals surface area (Å²) in [6.45, 7) is 12.2. The van der Waals surface area contributed by atoms with Gasteiger partial charge in [0.25, 0.3) is 0 Å². The molecule has 0 radical (unpaired) electrons. The first-order chi connectivity index (χ1) is 13.9. The van der Waals surface area contributed by atoms with Crippen molar-refractivity contribution in [2.45, 2.75) is 50.2 Å². The maximum Gasteiger partial charge on any atom is 0.320 e. The highest BCUT2D eigenvalue weighted by molar-refractivity contribution is 8.01. The van der Waals surface area contributed by atoms with Gasteiger partial charge in [0.1, 0.15) is 10.5 Å². The van der Waals surface area contributed by atoms with E-state index in [-0.39, 0.29) is 0 Å². The van der Waals surface area contributed by atoms with E-state index in [1.54, 1.807) is 6.20 Å². The molecule has 0 aliphatic heterocycles. The number of aliphatic carboxylic acids is 1. The summed E-state index contributed by atoms with van der Waals surface area (Å²) in [5, 5.41) is 10.8. The molecule has 4 nitrogen and oxygen atoms in total. The van der Waals surface area contributed by atoms with Crippen LogP contribution in [-0.2, 0) is 9.53 Å². The Kier molecular flexibility index (Phi) is 8.09. The SMILES string of the molecule is C=C(/C=C\C=C(/C)c1ccc2nccc(SC(CC)(CC)C(=O)O)c2c1)OCC. The van der Waals surface area contributed by atoms with E-state index >= 15 is 0 Å². The molecule has 1 aromatic carbocycles. The van der Waals surface area contributed by atoms with E-state index in [1.807, 2.05) is 64.1 Å². The average Bonchev–Trinajstić information content (AvgIpc) is 2.71. The molecule has 0 fully saturated rings. The molecule has 0 saturated carbocycles. The molecule has 1 heterocycles. The van der Waals surface area contributed by atoms with E-state index < -0.39 is 10.7 Å². The number of carboxylic acid groups (broad SMARTS) is 1. The van der Waals surface area contributed by atoms with Crippen LogP contribution in [0, 0.1) is 0 Å². The molecule has 0 aliphatic carbocycles. The standard InChI is InChI=1S/C24H29NO3S/c1-6-24(7-2,23(26)27)29-22-14-15-25-21-13-12-19(16-20(21)22)17(4)10-9-11-18(5)28-8-3/h9-16H,5-8H2,1-4H3,(H,26,27)/b11-9-,17-10+. The lowest BCUT2D eigenvalue weighted by Gasteiger charge is -2.26. The number of allylic oxidation sites excluding steroid dienone is 4. The van der Waals surface area contributed by atoms with Gasteiger partial charge in [0.2, 0.25) is 0 Å². The van der Waals surface area contributed by atoms with Gasteiger partial charge in [-0.05, 0) is 62.1 Å².